The zero-order chi connectivity index (χ0) is 27.0. The van der Waals surface area contributed by atoms with Crippen molar-refractivity contribution in [3.05, 3.63) is 59.7 Å². The lowest BCUT2D eigenvalue weighted by Gasteiger charge is -2.43. The Morgan fingerprint density at radius 3 is 2.03 bits per heavy atom. The second kappa shape index (κ2) is 12.8. The molecule has 0 aromatic heterocycles. The Morgan fingerprint density at radius 1 is 0.892 bits per heavy atom. The first-order chi connectivity index (χ1) is 17.6. The normalized spacial score (nSPS) is 17.6. The number of aliphatic carboxylic acids is 2. The van der Waals surface area contributed by atoms with Crippen LogP contribution >= 0.6 is 0 Å². The Hall–Kier alpha value is -3.31. The van der Waals surface area contributed by atoms with Gasteiger partial charge in [0.25, 0.3) is 0 Å². The molecule has 2 aliphatic rings. The van der Waals surface area contributed by atoms with Crippen LogP contribution in [0.5, 0.6) is 5.75 Å². The molecule has 2 saturated heterocycles. The zero-order valence-electron chi connectivity index (χ0n) is 20.7. The lowest BCUT2D eigenvalue weighted by Crippen LogP contribution is -2.53. The molecule has 2 fully saturated rings. The molecule has 0 spiro atoms. The van der Waals surface area contributed by atoms with Crippen LogP contribution in [0.1, 0.15) is 24.0 Å². The van der Waals surface area contributed by atoms with Crippen LogP contribution in [0.3, 0.4) is 0 Å². The van der Waals surface area contributed by atoms with Gasteiger partial charge in [0.1, 0.15) is 5.75 Å². The summed E-state index contributed by atoms with van der Waals surface area (Å²) in [6.45, 7) is 5.95. The number of benzene rings is 2. The van der Waals surface area contributed by atoms with Crippen LogP contribution in [-0.4, -0.2) is 84.4 Å². The number of piperidine rings is 1. The van der Waals surface area contributed by atoms with Gasteiger partial charge in [0.05, 0.1) is 18.4 Å². The third-order valence-corrected chi connectivity index (χ3v) is 6.71. The minimum Gasteiger partial charge on any atom is -0.495 e. The molecule has 202 valence electrons. The van der Waals surface area contributed by atoms with Crippen LogP contribution in [0.4, 0.5) is 18.9 Å². The van der Waals surface area contributed by atoms with E-state index in [0.717, 1.165) is 63.5 Å². The molecular formula is C26H32F3N3O5. The molecule has 8 nitrogen and oxygen atoms in total. The molecule has 0 saturated carbocycles. The highest BCUT2D eigenvalue weighted by Crippen LogP contribution is 2.33. The van der Waals surface area contributed by atoms with Crippen molar-refractivity contribution in [1.82, 2.24) is 9.80 Å². The Morgan fingerprint density at radius 2 is 1.46 bits per heavy atom. The predicted molar refractivity (Wildman–Crippen MR) is 132 cm³/mol. The topological polar surface area (TPSA) is 93.5 Å². The predicted octanol–water partition coefficient (Wildman–Crippen LogP) is 3.66. The molecule has 2 aromatic rings. The Balaban J connectivity index is 0.000000568. The van der Waals surface area contributed by atoms with Crippen molar-refractivity contribution in [3.8, 4) is 5.75 Å². The lowest BCUT2D eigenvalue weighted by molar-refractivity contribution is -0.159. The third-order valence-electron chi connectivity index (χ3n) is 6.71. The Bertz CT molecular complexity index is 1040. The number of methoxy groups -OCH3 is 1. The number of rotatable bonds is 5. The maximum atomic E-state index is 13.3. The molecule has 0 atom stereocenters. The number of carbonyl (C=O) groups is 2. The van der Waals surface area contributed by atoms with Gasteiger partial charge >= 0.3 is 18.1 Å². The van der Waals surface area contributed by atoms with Gasteiger partial charge in [-0.05, 0) is 49.7 Å². The number of alkyl halides is 3. The van der Waals surface area contributed by atoms with Crippen LogP contribution in [0.15, 0.2) is 48.5 Å². The van der Waals surface area contributed by atoms with E-state index >= 15 is 0 Å². The van der Waals surface area contributed by atoms with Crippen LogP contribution in [0, 0.1) is 0 Å². The molecule has 4 rings (SSSR count). The smallest absolute Gasteiger partial charge is 0.416 e. The van der Waals surface area contributed by atoms with E-state index < -0.39 is 23.7 Å². The number of carboxylic acids is 2. The fraction of sp³-hybridized carbons (Fsp3) is 0.462. The minimum atomic E-state index is -4.30. The molecule has 0 radical (unpaired) electrons. The van der Waals surface area contributed by atoms with E-state index in [0.29, 0.717) is 18.2 Å². The molecule has 11 heteroatoms. The number of piperazine rings is 1. The number of hydrogen-bond acceptors (Lipinski definition) is 6. The van der Waals surface area contributed by atoms with Gasteiger partial charge in [-0.1, -0.05) is 30.3 Å². The molecule has 37 heavy (non-hydrogen) atoms. The number of ether oxygens (including phenoxy) is 1. The largest absolute Gasteiger partial charge is 0.495 e. The van der Waals surface area contributed by atoms with E-state index in [1.807, 2.05) is 18.2 Å². The van der Waals surface area contributed by atoms with Crippen molar-refractivity contribution in [2.45, 2.75) is 31.6 Å². The SMILES string of the molecule is COc1ccccc1N1CCN(C2CCN(Cc3ccccc3C(F)(F)F)CC2)CC1.O=C(O)C(=O)O. The van der Waals surface area contributed by atoms with Gasteiger partial charge in [-0.25, -0.2) is 9.59 Å². The molecular weight excluding hydrogens is 491 g/mol. The Kier molecular flexibility index (Phi) is 9.76. The van der Waals surface area contributed by atoms with Gasteiger partial charge in [0.2, 0.25) is 0 Å². The number of para-hydroxylation sites is 2. The summed E-state index contributed by atoms with van der Waals surface area (Å²) in [5.41, 5.74) is 1.01. The lowest BCUT2D eigenvalue weighted by atomic mass is 10.00. The van der Waals surface area contributed by atoms with Gasteiger partial charge < -0.3 is 19.8 Å². The van der Waals surface area contributed by atoms with Gasteiger partial charge in [-0.3, -0.25) is 9.80 Å². The summed E-state index contributed by atoms with van der Waals surface area (Å²) in [4.78, 5) is 25.3. The molecule has 0 unspecified atom stereocenters. The molecule has 2 N–H and O–H groups in total. The van der Waals surface area contributed by atoms with Crippen LogP contribution in [0.25, 0.3) is 0 Å². The average Bonchev–Trinajstić information content (AvgIpc) is 2.89. The zero-order valence-corrected chi connectivity index (χ0v) is 20.7. The minimum absolute atomic E-state index is 0.365. The quantitative estimate of drug-likeness (QED) is 0.574. The van der Waals surface area contributed by atoms with Crippen LogP contribution in [0.2, 0.25) is 0 Å². The first-order valence-electron chi connectivity index (χ1n) is 12.1. The molecule has 2 heterocycles. The summed E-state index contributed by atoms with van der Waals surface area (Å²) >= 11 is 0. The second-order valence-corrected chi connectivity index (χ2v) is 8.97. The molecule has 0 bridgehead atoms. The van der Waals surface area contributed by atoms with Gasteiger partial charge in [0, 0.05) is 38.8 Å². The first-order valence-corrected chi connectivity index (χ1v) is 12.1. The summed E-state index contributed by atoms with van der Waals surface area (Å²) in [7, 11) is 1.70. The highest BCUT2D eigenvalue weighted by atomic mass is 19.4. The maximum absolute atomic E-state index is 13.3. The molecule has 0 aliphatic carbocycles. The van der Waals surface area contributed by atoms with Crippen molar-refractivity contribution >= 4 is 17.6 Å². The third kappa shape index (κ3) is 7.83. The number of halogens is 3. The standard InChI is InChI=1S/C24H30F3N3O.C2H2O4/c1-31-23-9-5-4-8-22(23)30-16-14-29(15-17-30)20-10-12-28(13-11-20)18-19-6-2-3-7-21(19)24(25,26)27;3-1(4)2(5)6/h2-9,20H,10-18H2,1H3;(H,3,4)(H,5,6). The summed E-state index contributed by atoms with van der Waals surface area (Å²) < 4.78 is 45.3. The average molecular weight is 524 g/mol. The fourth-order valence-corrected chi connectivity index (χ4v) is 4.84. The highest BCUT2D eigenvalue weighted by molar-refractivity contribution is 6.27. The van der Waals surface area contributed by atoms with Gasteiger partial charge in [0.15, 0.2) is 0 Å². The van der Waals surface area contributed by atoms with E-state index in [1.54, 1.807) is 19.2 Å². The van der Waals surface area contributed by atoms with E-state index in [-0.39, 0.29) is 0 Å². The van der Waals surface area contributed by atoms with Gasteiger partial charge in [-0.2, -0.15) is 13.2 Å². The van der Waals surface area contributed by atoms with E-state index in [4.69, 9.17) is 24.5 Å². The number of anilines is 1. The van der Waals surface area contributed by atoms with Gasteiger partial charge in [-0.15, -0.1) is 0 Å². The van der Waals surface area contributed by atoms with Crippen molar-refractivity contribution in [2.75, 3.05) is 51.3 Å². The summed E-state index contributed by atoms with van der Waals surface area (Å²) in [5.74, 6) is -2.74. The molecule has 2 aromatic carbocycles. The van der Waals surface area contributed by atoms with E-state index in [9.17, 15) is 13.2 Å². The van der Waals surface area contributed by atoms with Crippen molar-refractivity contribution in [2.24, 2.45) is 0 Å². The molecule has 0 amide bonds. The van der Waals surface area contributed by atoms with Crippen molar-refractivity contribution in [3.63, 3.8) is 0 Å². The fourth-order valence-electron chi connectivity index (χ4n) is 4.84. The second-order valence-electron chi connectivity index (χ2n) is 8.97. The summed E-state index contributed by atoms with van der Waals surface area (Å²) in [5, 5.41) is 14.8. The number of hydrogen-bond donors (Lipinski definition) is 2. The molecule has 2 aliphatic heterocycles. The van der Waals surface area contributed by atoms with E-state index in [1.165, 1.54) is 12.1 Å². The highest BCUT2D eigenvalue weighted by Gasteiger charge is 2.34. The van der Waals surface area contributed by atoms with Crippen molar-refractivity contribution < 1.29 is 37.7 Å². The van der Waals surface area contributed by atoms with E-state index in [2.05, 4.69) is 20.8 Å². The first kappa shape index (κ1) is 28.3. The summed E-state index contributed by atoms with van der Waals surface area (Å²) in [6.07, 6.45) is -2.29. The Labute approximate surface area is 213 Å². The monoisotopic (exact) mass is 523 g/mol. The summed E-state index contributed by atoms with van der Waals surface area (Å²) in [6, 6.07) is 14.6. The van der Waals surface area contributed by atoms with Crippen LogP contribution in [-0.2, 0) is 22.3 Å². The van der Waals surface area contributed by atoms with Crippen molar-refractivity contribution in [1.29, 1.82) is 0 Å². The number of carboxylic acid groups (broad SMARTS) is 2. The van der Waals surface area contributed by atoms with Crippen LogP contribution < -0.4 is 9.64 Å². The number of nitrogens with zero attached hydrogens (tertiary/aromatic N) is 3. The maximum Gasteiger partial charge on any atom is 0.416 e. The number of likely N-dealkylation sites (tertiary alicyclic amines) is 1.